The third-order valence-electron chi connectivity index (χ3n) is 4.23. The van der Waals surface area contributed by atoms with Crippen LogP contribution < -0.4 is 10.1 Å². The first-order valence-corrected chi connectivity index (χ1v) is 8.23. The number of fused-ring (bicyclic) bond motifs is 1. The summed E-state index contributed by atoms with van der Waals surface area (Å²) in [6.45, 7) is 1.99. The first kappa shape index (κ1) is 17.0. The number of para-hydroxylation sites is 2. The van der Waals surface area contributed by atoms with E-state index in [1.165, 1.54) is 0 Å². The van der Waals surface area contributed by atoms with Gasteiger partial charge in [-0.3, -0.25) is 4.79 Å². The summed E-state index contributed by atoms with van der Waals surface area (Å²) in [5.41, 5.74) is 2.83. The second kappa shape index (κ2) is 7.40. The highest BCUT2D eigenvalue weighted by Crippen LogP contribution is 2.25. The molecule has 3 aromatic rings. The maximum absolute atomic E-state index is 12.0. The summed E-state index contributed by atoms with van der Waals surface area (Å²) < 4.78 is 7.48. The highest BCUT2D eigenvalue weighted by Gasteiger charge is 2.15. The number of aromatic nitrogens is 1. The minimum absolute atomic E-state index is 0.0763. The van der Waals surface area contributed by atoms with Crippen molar-refractivity contribution in [1.82, 2.24) is 9.88 Å². The molecule has 25 heavy (non-hydrogen) atoms. The fourth-order valence-electron chi connectivity index (χ4n) is 2.87. The monoisotopic (exact) mass is 338 g/mol. The smallest absolute Gasteiger partial charge is 0.258 e. The van der Waals surface area contributed by atoms with Gasteiger partial charge in [0.05, 0.1) is 6.10 Å². The fourth-order valence-corrected chi connectivity index (χ4v) is 2.87. The Bertz CT molecular complexity index is 886. The Labute approximate surface area is 146 Å². The zero-order valence-corrected chi connectivity index (χ0v) is 14.4. The molecule has 0 fully saturated rings. The lowest BCUT2D eigenvalue weighted by Gasteiger charge is -2.12. The summed E-state index contributed by atoms with van der Waals surface area (Å²) in [6, 6.07) is 15.4. The van der Waals surface area contributed by atoms with Gasteiger partial charge in [0, 0.05) is 36.3 Å². The van der Waals surface area contributed by atoms with Gasteiger partial charge in [-0.1, -0.05) is 36.4 Å². The molecule has 3 rings (SSSR count). The predicted molar refractivity (Wildman–Crippen MR) is 97.6 cm³/mol. The van der Waals surface area contributed by atoms with E-state index in [1.807, 2.05) is 73.3 Å². The number of hydrogen-bond donors (Lipinski definition) is 2. The minimum atomic E-state index is -0.770. The number of aliphatic hydroxyl groups excluding tert-OH is 1. The summed E-state index contributed by atoms with van der Waals surface area (Å²) in [7, 11) is 1.94. The molecular weight excluding hydrogens is 316 g/mol. The largest absolute Gasteiger partial charge is 0.484 e. The summed E-state index contributed by atoms with van der Waals surface area (Å²) in [5.74, 6) is 0.426. The van der Waals surface area contributed by atoms with Crippen LogP contribution >= 0.6 is 0 Å². The summed E-state index contributed by atoms with van der Waals surface area (Å²) in [6.07, 6.45) is 1.12. The van der Waals surface area contributed by atoms with Gasteiger partial charge in [0.1, 0.15) is 5.75 Å². The Hall–Kier alpha value is -2.79. The minimum Gasteiger partial charge on any atom is -0.484 e. The van der Waals surface area contributed by atoms with Crippen molar-refractivity contribution >= 4 is 16.8 Å². The van der Waals surface area contributed by atoms with Gasteiger partial charge in [-0.15, -0.1) is 0 Å². The third kappa shape index (κ3) is 3.83. The number of rotatable bonds is 6. The van der Waals surface area contributed by atoms with Crippen LogP contribution in [-0.2, 0) is 11.8 Å². The Morgan fingerprint density at radius 1 is 1.20 bits per heavy atom. The molecule has 0 unspecified atom stereocenters. The second-order valence-corrected chi connectivity index (χ2v) is 6.09. The summed E-state index contributed by atoms with van der Waals surface area (Å²) >= 11 is 0. The van der Waals surface area contributed by atoms with E-state index in [0.717, 1.165) is 22.0 Å². The SMILES string of the molecule is Cc1ccccc1OCC(=O)NC[C@@H](O)c1cn(C)c2ccccc12. The van der Waals surface area contributed by atoms with Gasteiger partial charge >= 0.3 is 0 Å². The van der Waals surface area contributed by atoms with E-state index < -0.39 is 6.10 Å². The molecule has 1 aromatic heterocycles. The van der Waals surface area contributed by atoms with Gasteiger partial charge in [-0.2, -0.15) is 0 Å². The van der Waals surface area contributed by atoms with Crippen molar-refractivity contribution in [2.75, 3.05) is 13.2 Å². The number of ether oxygens (including phenoxy) is 1. The number of benzene rings is 2. The lowest BCUT2D eigenvalue weighted by Crippen LogP contribution is -2.32. The van der Waals surface area contributed by atoms with Crippen LogP contribution in [0.3, 0.4) is 0 Å². The number of aliphatic hydroxyl groups is 1. The molecule has 2 aromatic carbocycles. The number of nitrogens with one attached hydrogen (secondary N) is 1. The average molecular weight is 338 g/mol. The number of carbonyl (C=O) groups is 1. The molecule has 0 aliphatic heterocycles. The highest BCUT2D eigenvalue weighted by molar-refractivity contribution is 5.84. The quantitative estimate of drug-likeness (QED) is 0.726. The van der Waals surface area contributed by atoms with Crippen LogP contribution in [-0.4, -0.2) is 28.7 Å². The molecule has 0 radical (unpaired) electrons. The van der Waals surface area contributed by atoms with Gasteiger partial charge in [0.15, 0.2) is 6.61 Å². The maximum Gasteiger partial charge on any atom is 0.258 e. The zero-order valence-electron chi connectivity index (χ0n) is 14.4. The topological polar surface area (TPSA) is 63.5 Å². The van der Waals surface area contributed by atoms with Crippen molar-refractivity contribution in [3.05, 3.63) is 65.9 Å². The van der Waals surface area contributed by atoms with E-state index in [9.17, 15) is 9.90 Å². The number of nitrogens with zero attached hydrogens (tertiary/aromatic N) is 1. The molecule has 0 aliphatic carbocycles. The highest BCUT2D eigenvalue weighted by atomic mass is 16.5. The molecule has 2 N–H and O–H groups in total. The molecule has 0 saturated carbocycles. The van der Waals surface area contributed by atoms with E-state index in [0.29, 0.717) is 5.75 Å². The molecule has 1 amide bonds. The molecular formula is C20H22N2O3. The zero-order chi connectivity index (χ0) is 17.8. The number of carbonyl (C=O) groups excluding carboxylic acids is 1. The van der Waals surface area contributed by atoms with Crippen LogP contribution in [0.25, 0.3) is 10.9 Å². The van der Waals surface area contributed by atoms with Gasteiger partial charge in [-0.25, -0.2) is 0 Å². The van der Waals surface area contributed by atoms with Gasteiger partial charge in [0.2, 0.25) is 0 Å². The van der Waals surface area contributed by atoms with E-state index >= 15 is 0 Å². The van der Waals surface area contributed by atoms with E-state index in [-0.39, 0.29) is 19.1 Å². The molecule has 1 atom stereocenters. The van der Waals surface area contributed by atoms with Crippen LogP contribution in [0.2, 0.25) is 0 Å². The molecule has 0 saturated heterocycles. The first-order valence-electron chi connectivity index (χ1n) is 8.23. The average Bonchev–Trinajstić information content (AvgIpc) is 2.96. The lowest BCUT2D eigenvalue weighted by atomic mass is 10.1. The molecule has 5 heteroatoms. The summed E-state index contributed by atoms with van der Waals surface area (Å²) in [4.78, 5) is 12.0. The molecule has 1 heterocycles. The van der Waals surface area contributed by atoms with Gasteiger partial charge in [0.25, 0.3) is 5.91 Å². The Morgan fingerprint density at radius 3 is 2.72 bits per heavy atom. The Morgan fingerprint density at radius 2 is 1.92 bits per heavy atom. The van der Waals surface area contributed by atoms with Crippen molar-refractivity contribution in [2.24, 2.45) is 7.05 Å². The van der Waals surface area contributed by atoms with Crippen LogP contribution in [0.4, 0.5) is 0 Å². The van der Waals surface area contributed by atoms with Crippen LogP contribution in [0, 0.1) is 6.92 Å². The predicted octanol–water partition coefficient (Wildman–Crippen LogP) is 2.72. The second-order valence-electron chi connectivity index (χ2n) is 6.09. The first-order chi connectivity index (χ1) is 12.1. The molecule has 0 aliphatic rings. The molecule has 5 nitrogen and oxygen atoms in total. The maximum atomic E-state index is 12.0. The fraction of sp³-hybridized carbons (Fsp3) is 0.250. The Balaban J connectivity index is 1.57. The number of hydrogen-bond acceptors (Lipinski definition) is 3. The summed E-state index contributed by atoms with van der Waals surface area (Å²) in [5, 5.41) is 14.2. The molecule has 0 spiro atoms. The van der Waals surface area contributed by atoms with Gasteiger partial charge in [-0.05, 0) is 24.6 Å². The van der Waals surface area contributed by atoms with E-state index in [4.69, 9.17) is 4.74 Å². The van der Waals surface area contributed by atoms with Crippen LogP contribution in [0.5, 0.6) is 5.75 Å². The van der Waals surface area contributed by atoms with E-state index in [2.05, 4.69) is 5.32 Å². The molecule has 130 valence electrons. The lowest BCUT2D eigenvalue weighted by molar-refractivity contribution is -0.123. The van der Waals surface area contributed by atoms with Crippen LogP contribution in [0.15, 0.2) is 54.7 Å². The normalized spacial score (nSPS) is 12.1. The van der Waals surface area contributed by atoms with Crippen LogP contribution in [0.1, 0.15) is 17.2 Å². The van der Waals surface area contributed by atoms with Crippen molar-refractivity contribution < 1.29 is 14.6 Å². The van der Waals surface area contributed by atoms with Crippen molar-refractivity contribution in [2.45, 2.75) is 13.0 Å². The van der Waals surface area contributed by atoms with Gasteiger partial charge < -0.3 is 19.7 Å². The van der Waals surface area contributed by atoms with Crippen molar-refractivity contribution in [1.29, 1.82) is 0 Å². The van der Waals surface area contributed by atoms with Crippen molar-refractivity contribution in [3.63, 3.8) is 0 Å². The van der Waals surface area contributed by atoms with Crippen molar-refractivity contribution in [3.8, 4) is 5.75 Å². The molecule has 0 bridgehead atoms. The third-order valence-corrected chi connectivity index (χ3v) is 4.23. The van der Waals surface area contributed by atoms with E-state index in [1.54, 1.807) is 0 Å². The number of aryl methyl sites for hydroxylation is 2. The Kier molecular flexibility index (Phi) is 5.05. The number of amides is 1. The standard InChI is InChI=1S/C20H22N2O3/c1-14-7-3-6-10-19(14)25-13-20(24)21-11-18(23)16-12-22(2)17-9-5-4-8-15(16)17/h3-10,12,18,23H,11,13H2,1-2H3,(H,21,24)/t18-/m1/s1.